The highest BCUT2D eigenvalue weighted by Gasteiger charge is 2.75. The fraction of sp³-hybridized carbons (Fsp3) is 0.220. The Labute approximate surface area is 252 Å². The van der Waals surface area contributed by atoms with Crippen LogP contribution in [0.1, 0.15) is 42.0 Å². The molecule has 0 bridgehead atoms. The van der Waals surface area contributed by atoms with Gasteiger partial charge in [0.1, 0.15) is 0 Å². The number of hydrogen-bond donors (Lipinski definition) is 0. The van der Waals surface area contributed by atoms with Crippen molar-refractivity contribution in [3.8, 4) is 33.4 Å². The van der Waals surface area contributed by atoms with Gasteiger partial charge in [0.25, 0.3) is 0 Å². The maximum absolute atomic E-state index is 4.05. The molecule has 0 aromatic heterocycles. The zero-order valence-corrected chi connectivity index (χ0v) is 26.5. The van der Waals surface area contributed by atoms with Crippen LogP contribution < -0.4 is 5.19 Å². The average Bonchev–Trinajstić information content (AvgIpc) is 3.54. The van der Waals surface area contributed by atoms with Crippen molar-refractivity contribution in [2.24, 2.45) is 0 Å². The molecule has 3 unspecified atom stereocenters. The molecule has 1 fully saturated rings. The van der Waals surface area contributed by atoms with Gasteiger partial charge in [0.15, 0.2) is 0 Å². The molecule has 42 heavy (non-hydrogen) atoms. The molecular weight excluding hydrogens is 521 g/mol. The number of fused-ring (bicyclic) bond motifs is 6. The SMILES string of the molecule is C=CCc1ccccc1-c1ccccc1C1C2(C)c3ccc(-c4ccccc4)cc3-c3ccc([Si](C)(C)C)cc3C12C. The number of rotatable bonds is 6. The van der Waals surface area contributed by atoms with Crippen LogP contribution in [0.2, 0.25) is 19.6 Å². The fourth-order valence-electron chi connectivity index (χ4n) is 8.11. The molecule has 2 aliphatic carbocycles. The third kappa shape index (κ3) is 3.80. The van der Waals surface area contributed by atoms with E-state index in [1.54, 1.807) is 5.19 Å². The maximum atomic E-state index is 4.05. The van der Waals surface area contributed by atoms with Gasteiger partial charge < -0.3 is 0 Å². The Morgan fingerprint density at radius 2 is 1.29 bits per heavy atom. The predicted octanol–water partition coefficient (Wildman–Crippen LogP) is 10.3. The minimum Gasteiger partial charge on any atom is -0.103 e. The summed E-state index contributed by atoms with van der Waals surface area (Å²) in [5.41, 5.74) is 13.9. The standard InChI is InChI=1S/C41H40Si/c1-7-15-29-18-11-12-19-32(29)33-20-13-14-21-35(33)39-40(2)37-25-22-30(28-16-9-8-10-17-28)26-36(37)34-24-23-31(42(4,5)6)27-38(34)41(39,40)3/h7-14,16-27,39H,1,15H2,2-6H3. The van der Waals surface area contributed by atoms with Crippen LogP contribution in [0.4, 0.5) is 0 Å². The monoisotopic (exact) mass is 560 g/mol. The summed E-state index contributed by atoms with van der Waals surface area (Å²) in [6.07, 6.45) is 2.90. The molecule has 0 spiro atoms. The first-order chi connectivity index (χ1) is 20.2. The molecule has 1 saturated carbocycles. The minimum absolute atomic E-state index is 0.00272. The maximum Gasteiger partial charge on any atom is 0.0776 e. The van der Waals surface area contributed by atoms with Crippen molar-refractivity contribution >= 4 is 13.3 Å². The smallest absolute Gasteiger partial charge is 0.0776 e. The third-order valence-electron chi connectivity index (χ3n) is 10.5. The Hall–Kier alpha value is -3.94. The third-order valence-corrected chi connectivity index (χ3v) is 12.6. The summed E-state index contributed by atoms with van der Waals surface area (Å²) in [7, 11) is -1.51. The van der Waals surface area contributed by atoms with Crippen LogP contribution in [0.25, 0.3) is 33.4 Å². The van der Waals surface area contributed by atoms with E-state index < -0.39 is 8.07 Å². The van der Waals surface area contributed by atoms with Crippen molar-refractivity contribution in [2.75, 3.05) is 0 Å². The van der Waals surface area contributed by atoms with Crippen LogP contribution in [0.5, 0.6) is 0 Å². The molecule has 2 aliphatic rings. The van der Waals surface area contributed by atoms with Gasteiger partial charge in [-0.1, -0.05) is 154 Å². The Balaban J connectivity index is 1.48. The first-order valence-electron chi connectivity index (χ1n) is 15.3. The molecule has 0 heterocycles. The molecular formula is C41H40Si. The topological polar surface area (TPSA) is 0 Å². The molecule has 0 aliphatic heterocycles. The zero-order valence-electron chi connectivity index (χ0n) is 25.5. The molecule has 5 aromatic rings. The summed E-state index contributed by atoms with van der Waals surface area (Å²) in [6, 6.07) is 43.6. The molecule has 0 nitrogen and oxygen atoms in total. The first kappa shape index (κ1) is 26.9. The van der Waals surface area contributed by atoms with Crippen LogP contribution in [0, 0.1) is 0 Å². The lowest BCUT2D eigenvalue weighted by molar-refractivity contribution is 0.613. The molecule has 0 radical (unpaired) electrons. The van der Waals surface area contributed by atoms with E-state index in [1.807, 2.05) is 6.08 Å². The lowest BCUT2D eigenvalue weighted by Gasteiger charge is -2.32. The predicted molar refractivity (Wildman–Crippen MR) is 184 cm³/mol. The summed E-state index contributed by atoms with van der Waals surface area (Å²) < 4.78 is 0. The minimum atomic E-state index is -1.51. The van der Waals surface area contributed by atoms with Gasteiger partial charge in [-0.25, -0.2) is 0 Å². The number of hydrogen-bond acceptors (Lipinski definition) is 0. The molecule has 5 aromatic carbocycles. The second-order valence-electron chi connectivity index (χ2n) is 13.7. The normalized spacial score (nSPS) is 22.1. The van der Waals surface area contributed by atoms with Crippen LogP contribution in [0.3, 0.4) is 0 Å². The lowest BCUT2D eigenvalue weighted by Crippen LogP contribution is -2.38. The summed E-state index contributed by atoms with van der Waals surface area (Å²) in [4.78, 5) is 0. The Kier molecular flexibility index (Phi) is 6.12. The van der Waals surface area contributed by atoms with Gasteiger partial charge in [-0.15, -0.1) is 6.58 Å². The van der Waals surface area contributed by atoms with Crippen molar-refractivity contribution < 1.29 is 0 Å². The van der Waals surface area contributed by atoms with Crippen molar-refractivity contribution in [1.82, 2.24) is 0 Å². The highest BCUT2D eigenvalue weighted by atomic mass is 28.3. The zero-order chi connectivity index (χ0) is 29.3. The molecule has 3 atom stereocenters. The fourth-order valence-corrected chi connectivity index (χ4v) is 9.27. The lowest BCUT2D eigenvalue weighted by atomic mass is 9.72. The largest absolute Gasteiger partial charge is 0.103 e. The van der Waals surface area contributed by atoms with Gasteiger partial charge in [-0.05, 0) is 68.1 Å². The Bertz CT molecular complexity index is 1840. The van der Waals surface area contributed by atoms with Crippen LogP contribution >= 0.6 is 0 Å². The highest BCUT2D eigenvalue weighted by Crippen LogP contribution is 2.79. The van der Waals surface area contributed by atoms with Crippen LogP contribution in [-0.4, -0.2) is 8.07 Å². The van der Waals surface area contributed by atoms with E-state index in [0.29, 0.717) is 5.92 Å². The molecule has 1 heteroatoms. The van der Waals surface area contributed by atoms with Gasteiger partial charge in [0, 0.05) is 16.7 Å². The van der Waals surface area contributed by atoms with E-state index in [-0.39, 0.29) is 10.8 Å². The second-order valence-corrected chi connectivity index (χ2v) is 18.8. The highest BCUT2D eigenvalue weighted by molar-refractivity contribution is 6.88. The van der Waals surface area contributed by atoms with Crippen LogP contribution in [0.15, 0.2) is 128 Å². The van der Waals surface area contributed by atoms with Gasteiger partial charge in [-0.3, -0.25) is 0 Å². The van der Waals surface area contributed by atoms with E-state index in [4.69, 9.17) is 0 Å². The van der Waals surface area contributed by atoms with Crippen molar-refractivity contribution in [3.63, 3.8) is 0 Å². The Morgan fingerprint density at radius 3 is 2.02 bits per heavy atom. The Morgan fingerprint density at radius 1 is 0.619 bits per heavy atom. The van der Waals surface area contributed by atoms with Crippen molar-refractivity contribution in [1.29, 1.82) is 0 Å². The summed E-state index contributed by atoms with van der Waals surface area (Å²) in [5.74, 6) is 0.373. The first-order valence-corrected chi connectivity index (χ1v) is 18.8. The summed E-state index contributed by atoms with van der Waals surface area (Å²) in [5, 5.41) is 1.54. The molecule has 0 N–H and O–H groups in total. The summed E-state index contributed by atoms with van der Waals surface area (Å²) in [6.45, 7) is 16.5. The van der Waals surface area contributed by atoms with E-state index in [9.17, 15) is 0 Å². The molecule has 208 valence electrons. The van der Waals surface area contributed by atoms with E-state index in [1.165, 1.54) is 55.6 Å². The average molecular weight is 561 g/mol. The van der Waals surface area contributed by atoms with E-state index >= 15 is 0 Å². The van der Waals surface area contributed by atoms with Gasteiger partial charge in [-0.2, -0.15) is 0 Å². The van der Waals surface area contributed by atoms with Gasteiger partial charge in [0.05, 0.1) is 8.07 Å². The molecule has 0 amide bonds. The molecule has 0 saturated heterocycles. The van der Waals surface area contributed by atoms with Crippen molar-refractivity contribution in [3.05, 3.63) is 150 Å². The second kappa shape index (κ2) is 9.54. The van der Waals surface area contributed by atoms with E-state index in [2.05, 4.69) is 155 Å². The van der Waals surface area contributed by atoms with Gasteiger partial charge >= 0.3 is 0 Å². The quantitative estimate of drug-likeness (QED) is 0.143. The van der Waals surface area contributed by atoms with Crippen LogP contribution in [-0.2, 0) is 17.3 Å². The van der Waals surface area contributed by atoms with Gasteiger partial charge in [0.2, 0.25) is 0 Å². The number of benzene rings is 5. The van der Waals surface area contributed by atoms with E-state index in [0.717, 1.165) is 6.42 Å². The van der Waals surface area contributed by atoms with Crippen molar-refractivity contribution in [2.45, 2.75) is 56.7 Å². The molecule has 7 rings (SSSR count). The summed E-state index contributed by atoms with van der Waals surface area (Å²) >= 11 is 0. The number of allylic oxidation sites excluding steroid dienone is 1.